The van der Waals surface area contributed by atoms with Gasteiger partial charge in [-0.25, -0.2) is 14.4 Å². The van der Waals surface area contributed by atoms with Crippen LogP contribution in [0, 0.1) is 53.8 Å². The van der Waals surface area contributed by atoms with E-state index in [0.717, 1.165) is 29.9 Å². The summed E-state index contributed by atoms with van der Waals surface area (Å²) < 4.78 is 19.4. The van der Waals surface area contributed by atoms with Crippen LogP contribution in [0.5, 0.6) is 0 Å². The quantitative estimate of drug-likeness (QED) is 0.0973. The minimum atomic E-state index is -0.595. The van der Waals surface area contributed by atoms with E-state index in [1.807, 2.05) is 20.8 Å². The molecule has 254 valence electrons. The summed E-state index contributed by atoms with van der Waals surface area (Å²) in [4.78, 5) is 44.5. The standard InChI is InChI=1S/C11H18O2.C11H16O2.C11H14O2.C5H6O2/c3*1-2-13-11(12)10-7-8-3-5-9(10)6-4-8;1-3-5(6)7-4-2/h8-10H,2-7H2,1H3;7-9H,2-6H2,1H3;3,5,7-9H,2,4,6H2,1H3;1H,4H2,2H3. The Balaban J connectivity index is 0.000000171. The van der Waals surface area contributed by atoms with Crippen molar-refractivity contribution in [3.63, 3.8) is 0 Å². The molecular weight excluding hydrogens is 584 g/mol. The number of esters is 4. The van der Waals surface area contributed by atoms with Gasteiger partial charge in [-0.3, -0.25) is 4.79 Å². The van der Waals surface area contributed by atoms with Gasteiger partial charge in [0.15, 0.2) is 0 Å². The van der Waals surface area contributed by atoms with E-state index in [9.17, 15) is 19.2 Å². The molecule has 3 atom stereocenters. The van der Waals surface area contributed by atoms with E-state index in [4.69, 9.17) is 14.2 Å². The molecule has 0 aromatic rings. The van der Waals surface area contributed by atoms with Gasteiger partial charge in [-0.1, -0.05) is 37.1 Å². The Bertz CT molecular complexity index is 1140. The second-order valence-corrected chi connectivity index (χ2v) is 12.8. The van der Waals surface area contributed by atoms with E-state index in [-0.39, 0.29) is 23.8 Å². The molecule has 46 heavy (non-hydrogen) atoms. The average Bonchev–Trinajstić information content (AvgIpc) is 3.11. The van der Waals surface area contributed by atoms with Crippen LogP contribution in [0.1, 0.15) is 98.3 Å². The highest BCUT2D eigenvalue weighted by molar-refractivity contribution is 5.90. The lowest BCUT2D eigenvalue weighted by Crippen LogP contribution is -2.36. The number of carbonyl (C=O) groups excluding carboxylic acids is 4. The molecule has 6 bridgehead atoms. The van der Waals surface area contributed by atoms with Gasteiger partial charge in [-0.05, 0) is 115 Å². The summed E-state index contributed by atoms with van der Waals surface area (Å²) in [5.41, 5.74) is 1.84. The lowest BCUT2D eigenvalue weighted by atomic mass is 9.65. The predicted octanol–water partition coefficient (Wildman–Crippen LogP) is 6.93. The first-order chi connectivity index (χ1) is 22.2. The fourth-order valence-corrected chi connectivity index (χ4v) is 7.55. The lowest BCUT2D eigenvalue weighted by Gasteiger charge is -2.40. The van der Waals surface area contributed by atoms with E-state index >= 15 is 0 Å². The largest absolute Gasteiger partial charge is 0.466 e. The van der Waals surface area contributed by atoms with E-state index in [1.165, 1.54) is 57.8 Å². The SMILES string of the molecule is C#CC(=O)OCC.CCOC(=O)C1=CC2C=CC1CC2.CCOC(=O)C1=CC2CCC1CC2.CCOC(=O)C1CC2CCC1CC2. The predicted molar refractivity (Wildman–Crippen MR) is 176 cm³/mol. The van der Waals surface area contributed by atoms with Crippen LogP contribution in [0.4, 0.5) is 0 Å². The van der Waals surface area contributed by atoms with E-state index in [2.05, 4.69) is 35.5 Å². The number of ether oxygens (including phenoxy) is 4. The minimum Gasteiger partial charge on any atom is -0.466 e. The second-order valence-electron chi connectivity index (χ2n) is 12.8. The van der Waals surface area contributed by atoms with Gasteiger partial charge in [-0.15, -0.1) is 6.42 Å². The van der Waals surface area contributed by atoms with Crippen LogP contribution in [0.3, 0.4) is 0 Å². The molecule has 8 nitrogen and oxygen atoms in total. The Morgan fingerprint density at radius 2 is 1.30 bits per heavy atom. The van der Waals surface area contributed by atoms with Gasteiger partial charge in [0.25, 0.3) is 0 Å². The molecule has 4 fully saturated rings. The summed E-state index contributed by atoms with van der Waals surface area (Å²) in [5.74, 6) is 4.75. The Kier molecular flexibility index (Phi) is 15.6. The molecule has 0 amide bonds. The summed E-state index contributed by atoms with van der Waals surface area (Å²) in [6.07, 6.45) is 26.7. The van der Waals surface area contributed by atoms with Crippen molar-refractivity contribution in [2.75, 3.05) is 26.4 Å². The molecule has 0 aromatic carbocycles. The Hall–Kier alpha value is -3.34. The number of terminal acetylenes is 1. The number of rotatable bonds is 7. The van der Waals surface area contributed by atoms with Crippen LogP contribution in [-0.2, 0) is 38.1 Å². The van der Waals surface area contributed by atoms with Crippen molar-refractivity contribution >= 4 is 23.9 Å². The number of carbonyl (C=O) groups is 4. The van der Waals surface area contributed by atoms with Gasteiger partial charge in [0, 0.05) is 23.0 Å². The van der Waals surface area contributed by atoms with Crippen LogP contribution in [0.25, 0.3) is 0 Å². The summed E-state index contributed by atoms with van der Waals surface area (Å²) in [6.45, 7) is 9.14. The molecule has 0 aliphatic heterocycles. The smallest absolute Gasteiger partial charge is 0.384 e. The van der Waals surface area contributed by atoms with Crippen LogP contribution in [-0.4, -0.2) is 50.3 Å². The maximum Gasteiger partial charge on any atom is 0.384 e. The fourth-order valence-electron chi connectivity index (χ4n) is 7.55. The van der Waals surface area contributed by atoms with E-state index in [0.29, 0.717) is 56.0 Å². The van der Waals surface area contributed by atoms with Crippen molar-refractivity contribution in [2.24, 2.45) is 41.4 Å². The van der Waals surface area contributed by atoms with Gasteiger partial charge in [0.05, 0.1) is 32.3 Å². The minimum absolute atomic E-state index is 0.0666. The number of allylic oxidation sites excluding steroid dienone is 4. The highest BCUT2D eigenvalue weighted by Crippen LogP contribution is 2.45. The highest BCUT2D eigenvalue weighted by atomic mass is 16.5. The molecule has 0 radical (unpaired) electrons. The van der Waals surface area contributed by atoms with Crippen LogP contribution in [0.2, 0.25) is 0 Å². The van der Waals surface area contributed by atoms with Gasteiger partial charge in [0.2, 0.25) is 0 Å². The lowest BCUT2D eigenvalue weighted by molar-refractivity contribution is -0.154. The molecule has 3 unspecified atom stereocenters. The fraction of sp³-hybridized carbons (Fsp3) is 0.684. The first kappa shape index (κ1) is 37.1. The number of fused-ring (bicyclic) bond motifs is 6. The summed E-state index contributed by atoms with van der Waals surface area (Å²) in [7, 11) is 0. The number of hydrogen-bond acceptors (Lipinski definition) is 8. The highest BCUT2D eigenvalue weighted by Gasteiger charge is 2.40. The molecule has 8 heteroatoms. The first-order valence-corrected chi connectivity index (χ1v) is 17.5. The zero-order chi connectivity index (χ0) is 33.5. The number of hydrogen-bond donors (Lipinski definition) is 0. The molecular formula is C38H54O8. The monoisotopic (exact) mass is 638 g/mol. The van der Waals surface area contributed by atoms with Crippen LogP contribution in [0.15, 0.2) is 35.5 Å². The van der Waals surface area contributed by atoms with Gasteiger partial charge >= 0.3 is 23.9 Å². The van der Waals surface area contributed by atoms with Gasteiger partial charge in [0.1, 0.15) is 0 Å². The average molecular weight is 639 g/mol. The normalized spacial score (nSPS) is 29.0. The zero-order valence-electron chi connectivity index (χ0n) is 28.3. The Labute approximate surface area is 275 Å². The zero-order valence-corrected chi connectivity index (χ0v) is 28.3. The maximum absolute atomic E-state index is 11.6. The van der Waals surface area contributed by atoms with Crippen molar-refractivity contribution < 1.29 is 38.1 Å². The molecule has 0 heterocycles. The molecule has 4 saturated carbocycles. The van der Waals surface area contributed by atoms with Crippen molar-refractivity contribution in [1.29, 1.82) is 0 Å². The van der Waals surface area contributed by atoms with Crippen molar-refractivity contribution in [2.45, 2.75) is 98.3 Å². The van der Waals surface area contributed by atoms with E-state index in [1.54, 1.807) is 12.8 Å². The third kappa shape index (κ3) is 10.9. The molecule has 9 aliphatic rings. The molecule has 9 aliphatic carbocycles. The Morgan fingerprint density at radius 1 is 0.696 bits per heavy atom. The summed E-state index contributed by atoms with van der Waals surface area (Å²) in [5, 5.41) is 0. The van der Waals surface area contributed by atoms with E-state index < -0.39 is 5.97 Å². The van der Waals surface area contributed by atoms with Crippen molar-refractivity contribution in [3.05, 3.63) is 35.5 Å². The van der Waals surface area contributed by atoms with Gasteiger partial charge in [-0.2, -0.15) is 0 Å². The summed E-state index contributed by atoms with van der Waals surface area (Å²) >= 11 is 0. The van der Waals surface area contributed by atoms with Crippen molar-refractivity contribution in [3.8, 4) is 12.3 Å². The van der Waals surface area contributed by atoms with Crippen LogP contribution < -0.4 is 0 Å². The second kappa shape index (κ2) is 19.4. The first-order valence-electron chi connectivity index (χ1n) is 17.5. The third-order valence-corrected chi connectivity index (χ3v) is 9.87. The molecule has 0 N–H and O–H groups in total. The maximum atomic E-state index is 11.6. The molecule has 0 saturated heterocycles. The van der Waals surface area contributed by atoms with Gasteiger partial charge < -0.3 is 18.9 Å². The topological polar surface area (TPSA) is 105 Å². The Morgan fingerprint density at radius 3 is 1.70 bits per heavy atom. The molecule has 0 aromatic heterocycles. The summed E-state index contributed by atoms with van der Waals surface area (Å²) in [6, 6.07) is 0. The van der Waals surface area contributed by atoms with Crippen molar-refractivity contribution in [1.82, 2.24) is 0 Å². The molecule has 9 rings (SSSR count). The van der Waals surface area contributed by atoms with Crippen LogP contribution >= 0.6 is 0 Å². The third-order valence-electron chi connectivity index (χ3n) is 9.87. The molecule has 0 spiro atoms.